The first-order valence-electron chi connectivity index (χ1n) is 9.36. The molecule has 4 rings (SSSR count). The van der Waals surface area contributed by atoms with E-state index in [-0.39, 0.29) is 10.6 Å². The van der Waals surface area contributed by atoms with Gasteiger partial charge in [0.15, 0.2) is 5.82 Å². The summed E-state index contributed by atoms with van der Waals surface area (Å²) in [7, 11) is -3.65. The molecule has 30 heavy (non-hydrogen) atoms. The molecule has 3 aromatic rings. The van der Waals surface area contributed by atoms with Gasteiger partial charge in [0.2, 0.25) is 15.7 Å². The van der Waals surface area contributed by atoms with Crippen LogP contribution in [0.15, 0.2) is 52.5 Å². The number of fused-ring (bicyclic) bond motifs is 1. The van der Waals surface area contributed by atoms with Crippen LogP contribution in [0.25, 0.3) is 11.0 Å². The largest absolute Gasteiger partial charge is 0.379 e. The molecule has 0 saturated carbocycles. The Bertz CT molecular complexity index is 1220. The van der Waals surface area contributed by atoms with Gasteiger partial charge in [-0.2, -0.15) is 14.7 Å². The lowest BCUT2D eigenvalue weighted by molar-refractivity contribution is 0.0730. The quantitative estimate of drug-likeness (QED) is 0.478. The summed E-state index contributed by atoms with van der Waals surface area (Å²) < 4.78 is 32.7. The second-order valence-electron chi connectivity index (χ2n) is 6.78. The number of hydrazone groups is 1. The molecule has 0 bridgehead atoms. The van der Waals surface area contributed by atoms with Gasteiger partial charge >= 0.3 is 0 Å². The molecule has 2 aromatic carbocycles. The number of nitrogens with zero attached hydrogens (tertiary/aromatic N) is 4. The van der Waals surface area contributed by atoms with Crippen LogP contribution in [-0.4, -0.2) is 54.7 Å². The third kappa shape index (κ3) is 3.91. The van der Waals surface area contributed by atoms with Crippen molar-refractivity contribution >= 4 is 32.5 Å². The molecular formula is C20H20N6O3S. The van der Waals surface area contributed by atoms with Crippen LogP contribution in [0.4, 0.5) is 5.69 Å². The summed E-state index contributed by atoms with van der Waals surface area (Å²) in [5.41, 5.74) is 5.45. The number of nitriles is 1. The van der Waals surface area contributed by atoms with E-state index >= 15 is 0 Å². The minimum Gasteiger partial charge on any atom is -0.379 e. The van der Waals surface area contributed by atoms with Crippen LogP contribution in [0.1, 0.15) is 11.4 Å². The monoisotopic (exact) mass is 424 g/mol. The Morgan fingerprint density at radius 1 is 1.27 bits per heavy atom. The first-order valence-corrected chi connectivity index (χ1v) is 10.8. The van der Waals surface area contributed by atoms with Gasteiger partial charge in [-0.1, -0.05) is 18.2 Å². The van der Waals surface area contributed by atoms with Gasteiger partial charge in [-0.05, 0) is 36.8 Å². The average molecular weight is 424 g/mol. The van der Waals surface area contributed by atoms with Gasteiger partial charge < -0.3 is 9.72 Å². The number of aromatic nitrogens is 2. The van der Waals surface area contributed by atoms with Gasteiger partial charge in [-0.15, -0.1) is 0 Å². The fraction of sp³-hybridized carbons (Fsp3) is 0.250. The summed E-state index contributed by atoms with van der Waals surface area (Å²) in [6.45, 7) is 3.15. The molecule has 1 aliphatic rings. The molecule has 1 fully saturated rings. The fourth-order valence-corrected chi connectivity index (χ4v) is 4.85. The molecule has 2 N–H and O–H groups in total. The maximum absolute atomic E-state index is 13.0. The zero-order chi connectivity index (χ0) is 21.1. The molecule has 10 heteroatoms. The Morgan fingerprint density at radius 2 is 2.03 bits per heavy atom. The van der Waals surface area contributed by atoms with E-state index in [1.807, 2.05) is 30.3 Å². The van der Waals surface area contributed by atoms with Crippen LogP contribution < -0.4 is 5.43 Å². The summed E-state index contributed by atoms with van der Waals surface area (Å²) in [4.78, 5) is 7.62. The van der Waals surface area contributed by atoms with Crippen LogP contribution >= 0.6 is 0 Å². The summed E-state index contributed by atoms with van der Waals surface area (Å²) in [5, 5.41) is 13.6. The molecule has 0 aliphatic carbocycles. The maximum Gasteiger partial charge on any atom is 0.243 e. The van der Waals surface area contributed by atoms with E-state index in [9.17, 15) is 13.7 Å². The van der Waals surface area contributed by atoms with E-state index in [1.165, 1.54) is 10.4 Å². The number of hydrogen-bond donors (Lipinski definition) is 2. The molecule has 2 heterocycles. The van der Waals surface area contributed by atoms with E-state index < -0.39 is 10.0 Å². The number of H-pyrrole nitrogens is 1. The molecule has 0 unspecified atom stereocenters. The molecule has 0 atom stereocenters. The van der Waals surface area contributed by atoms with Gasteiger partial charge in [0.1, 0.15) is 6.07 Å². The number of sulfonamides is 1. The second-order valence-corrected chi connectivity index (χ2v) is 8.69. The number of hydrogen-bond acceptors (Lipinski definition) is 7. The number of imidazole rings is 1. The maximum atomic E-state index is 13.0. The Kier molecular flexibility index (Phi) is 5.50. The van der Waals surface area contributed by atoms with Gasteiger partial charge in [-0.3, -0.25) is 5.43 Å². The number of ether oxygens (including phenoxy) is 1. The Balaban J connectivity index is 1.61. The molecule has 1 aliphatic heterocycles. The lowest BCUT2D eigenvalue weighted by atomic mass is 10.2. The SMILES string of the molecule is Cc1ccc(N/N=C(\C#N)c2nc3ccccc3[nH]2)cc1S(=O)(=O)N1CCOCC1. The Labute approximate surface area is 174 Å². The first-order chi connectivity index (χ1) is 14.5. The smallest absolute Gasteiger partial charge is 0.243 e. The van der Waals surface area contributed by atoms with E-state index in [2.05, 4.69) is 20.5 Å². The molecule has 0 radical (unpaired) electrons. The lowest BCUT2D eigenvalue weighted by Crippen LogP contribution is -2.40. The lowest BCUT2D eigenvalue weighted by Gasteiger charge is -2.26. The summed E-state index contributed by atoms with van der Waals surface area (Å²) in [6, 6.07) is 14.4. The van der Waals surface area contributed by atoms with E-state index in [4.69, 9.17) is 4.74 Å². The minimum absolute atomic E-state index is 0.0596. The van der Waals surface area contributed by atoms with Crippen molar-refractivity contribution in [1.82, 2.24) is 14.3 Å². The summed E-state index contributed by atoms with van der Waals surface area (Å²) >= 11 is 0. The molecule has 9 nitrogen and oxygen atoms in total. The minimum atomic E-state index is -3.65. The number of para-hydroxylation sites is 2. The standard InChI is InChI=1S/C20H20N6O3S/c1-14-6-7-15(12-19(14)30(27,28)26-8-10-29-11-9-26)24-25-18(13-21)20-22-16-4-2-3-5-17(16)23-20/h2-7,12,24H,8-11H2,1H3,(H,22,23)/b25-18+. The number of morpholine rings is 1. The summed E-state index contributed by atoms with van der Waals surface area (Å²) in [5.74, 6) is 0.333. The number of rotatable bonds is 5. The second kappa shape index (κ2) is 8.23. The zero-order valence-electron chi connectivity index (χ0n) is 16.3. The van der Waals surface area contributed by atoms with Crippen molar-refractivity contribution < 1.29 is 13.2 Å². The normalized spacial score (nSPS) is 15.8. The number of aryl methyl sites for hydroxylation is 1. The number of aromatic amines is 1. The van der Waals surface area contributed by atoms with E-state index in [0.717, 1.165) is 11.0 Å². The van der Waals surface area contributed by atoms with Crippen molar-refractivity contribution in [3.05, 3.63) is 53.9 Å². The predicted octanol–water partition coefficient (Wildman–Crippen LogP) is 2.23. The molecule has 154 valence electrons. The first kappa shape index (κ1) is 20.0. The number of benzene rings is 2. The fourth-order valence-electron chi connectivity index (χ4n) is 3.19. The Hall–Kier alpha value is -3.26. The average Bonchev–Trinajstić information content (AvgIpc) is 3.19. The number of anilines is 1. The third-order valence-corrected chi connectivity index (χ3v) is 6.83. The number of nitrogens with one attached hydrogen (secondary N) is 2. The Morgan fingerprint density at radius 3 is 2.77 bits per heavy atom. The van der Waals surface area contributed by atoms with Crippen molar-refractivity contribution in [3.63, 3.8) is 0 Å². The summed E-state index contributed by atoms with van der Waals surface area (Å²) in [6.07, 6.45) is 0. The highest BCUT2D eigenvalue weighted by molar-refractivity contribution is 7.89. The van der Waals surface area contributed by atoms with Gasteiger partial charge in [-0.25, -0.2) is 13.4 Å². The van der Waals surface area contributed by atoms with E-state index in [1.54, 1.807) is 19.1 Å². The van der Waals surface area contributed by atoms with E-state index in [0.29, 0.717) is 43.4 Å². The molecule has 1 aromatic heterocycles. The molecular weight excluding hydrogens is 404 g/mol. The predicted molar refractivity (Wildman–Crippen MR) is 113 cm³/mol. The highest BCUT2D eigenvalue weighted by atomic mass is 32.2. The van der Waals surface area contributed by atoms with Gasteiger partial charge in [0.25, 0.3) is 0 Å². The highest BCUT2D eigenvalue weighted by Gasteiger charge is 2.28. The van der Waals surface area contributed by atoms with Gasteiger partial charge in [0.05, 0.1) is 34.8 Å². The van der Waals surface area contributed by atoms with Crippen LogP contribution in [0.3, 0.4) is 0 Å². The molecule has 0 spiro atoms. The van der Waals surface area contributed by atoms with Crippen molar-refractivity contribution in [1.29, 1.82) is 5.26 Å². The topological polar surface area (TPSA) is 123 Å². The van der Waals surface area contributed by atoms with Crippen LogP contribution in [0, 0.1) is 18.3 Å². The zero-order valence-corrected chi connectivity index (χ0v) is 17.1. The van der Waals surface area contributed by atoms with Crippen molar-refractivity contribution in [2.75, 3.05) is 31.7 Å². The highest BCUT2D eigenvalue weighted by Crippen LogP contribution is 2.24. The molecule has 1 saturated heterocycles. The van der Waals surface area contributed by atoms with Crippen molar-refractivity contribution in [3.8, 4) is 6.07 Å². The van der Waals surface area contributed by atoms with Crippen LogP contribution in [-0.2, 0) is 14.8 Å². The molecule has 0 amide bonds. The van der Waals surface area contributed by atoms with Crippen molar-refractivity contribution in [2.45, 2.75) is 11.8 Å². The van der Waals surface area contributed by atoms with Crippen molar-refractivity contribution in [2.24, 2.45) is 5.10 Å². The van der Waals surface area contributed by atoms with Gasteiger partial charge in [0, 0.05) is 13.1 Å². The third-order valence-electron chi connectivity index (χ3n) is 4.79. The van der Waals surface area contributed by atoms with Crippen LogP contribution in [0.2, 0.25) is 0 Å². The van der Waals surface area contributed by atoms with Crippen LogP contribution in [0.5, 0.6) is 0 Å².